The Kier molecular flexibility index (Phi) is 7.27. The maximum atomic E-state index is 13.6. The fourth-order valence-electron chi connectivity index (χ4n) is 3.90. The third-order valence-electron chi connectivity index (χ3n) is 5.64. The molecule has 0 radical (unpaired) electrons. The van der Waals surface area contributed by atoms with E-state index in [9.17, 15) is 9.59 Å². The van der Waals surface area contributed by atoms with Crippen LogP contribution in [0.3, 0.4) is 0 Å². The van der Waals surface area contributed by atoms with Crippen molar-refractivity contribution in [3.05, 3.63) is 95.6 Å². The van der Waals surface area contributed by atoms with Crippen LogP contribution in [0.2, 0.25) is 0 Å². The predicted octanol–water partition coefficient (Wildman–Crippen LogP) is 4.81. The monoisotopic (exact) mass is 483 g/mol. The molecule has 182 valence electrons. The lowest BCUT2D eigenvalue weighted by Gasteiger charge is -2.16. The van der Waals surface area contributed by atoms with E-state index < -0.39 is 5.97 Å². The number of hydrogen-bond donors (Lipinski definition) is 3. The summed E-state index contributed by atoms with van der Waals surface area (Å²) in [6, 6.07) is 22.8. The van der Waals surface area contributed by atoms with Crippen molar-refractivity contribution < 1.29 is 23.8 Å². The summed E-state index contributed by atoms with van der Waals surface area (Å²) < 4.78 is 15.6. The summed E-state index contributed by atoms with van der Waals surface area (Å²) in [5, 5.41) is 12.0. The van der Waals surface area contributed by atoms with E-state index in [-0.39, 0.29) is 18.5 Å². The van der Waals surface area contributed by atoms with Crippen LogP contribution in [0.4, 0.5) is 5.69 Å². The molecular weight excluding hydrogens is 458 g/mol. The number of amidine groups is 1. The molecule has 0 spiro atoms. The van der Waals surface area contributed by atoms with Crippen LogP contribution in [0.1, 0.15) is 26.3 Å². The lowest BCUT2D eigenvalue weighted by atomic mass is 9.91. The van der Waals surface area contributed by atoms with Crippen molar-refractivity contribution >= 4 is 34.2 Å². The lowest BCUT2D eigenvalue weighted by Crippen LogP contribution is -2.15. The topological polar surface area (TPSA) is 124 Å². The van der Waals surface area contributed by atoms with E-state index in [0.717, 1.165) is 10.8 Å². The normalized spacial score (nSPS) is 10.6. The molecule has 0 aliphatic heterocycles. The number of anilines is 1. The van der Waals surface area contributed by atoms with Crippen molar-refractivity contribution in [3.63, 3.8) is 0 Å². The Bertz CT molecular complexity index is 1450. The highest BCUT2D eigenvalue weighted by molar-refractivity contribution is 6.13. The van der Waals surface area contributed by atoms with Crippen LogP contribution in [0.15, 0.2) is 78.9 Å². The van der Waals surface area contributed by atoms with Crippen molar-refractivity contribution in [3.8, 4) is 16.9 Å². The van der Waals surface area contributed by atoms with Crippen LogP contribution < -0.4 is 15.8 Å². The third-order valence-corrected chi connectivity index (χ3v) is 5.64. The smallest absolute Gasteiger partial charge is 0.340 e. The molecule has 4 N–H and O–H groups in total. The summed E-state index contributed by atoms with van der Waals surface area (Å²) in [7, 11) is 3.00. The van der Waals surface area contributed by atoms with Crippen LogP contribution in [0.25, 0.3) is 21.9 Å². The highest BCUT2D eigenvalue weighted by atomic mass is 16.7. The second-order valence-corrected chi connectivity index (χ2v) is 7.91. The summed E-state index contributed by atoms with van der Waals surface area (Å²) in [5.74, 6) is -0.390. The zero-order chi connectivity index (χ0) is 25.7. The molecule has 8 heteroatoms. The Hall–Kier alpha value is -4.69. The van der Waals surface area contributed by atoms with Gasteiger partial charge in [0.15, 0.2) is 6.79 Å². The van der Waals surface area contributed by atoms with E-state index >= 15 is 0 Å². The fourth-order valence-corrected chi connectivity index (χ4v) is 3.90. The number of hydrogen-bond acceptors (Lipinski definition) is 6. The maximum Gasteiger partial charge on any atom is 0.340 e. The van der Waals surface area contributed by atoms with Crippen molar-refractivity contribution in [1.82, 2.24) is 0 Å². The van der Waals surface area contributed by atoms with Crippen LogP contribution >= 0.6 is 0 Å². The molecule has 0 saturated carbocycles. The molecule has 0 heterocycles. The summed E-state index contributed by atoms with van der Waals surface area (Å²) in [6.07, 6.45) is 0. The minimum absolute atomic E-state index is 0.0613. The highest BCUT2D eigenvalue weighted by Gasteiger charge is 2.21. The van der Waals surface area contributed by atoms with E-state index in [2.05, 4.69) is 5.32 Å². The van der Waals surface area contributed by atoms with Gasteiger partial charge < -0.3 is 25.3 Å². The molecule has 0 atom stereocenters. The van der Waals surface area contributed by atoms with Crippen molar-refractivity contribution in [2.24, 2.45) is 5.73 Å². The molecule has 0 saturated heterocycles. The Morgan fingerprint density at radius 2 is 1.64 bits per heavy atom. The van der Waals surface area contributed by atoms with Crippen molar-refractivity contribution in [2.45, 2.75) is 0 Å². The molecule has 0 fully saturated rings. The third kappa shape index (κ3) is 5.03. The number of fused-ring (bicyclic) bond motifs is 1. The second-order valence-electron chi connectivity index (χ2n) is 7.91. The van der Waals surface area contributed by atoms with Gasteiger partial charge in [-0.2, -0.15) is 0 Å². The molecule has 0 aliphatic rings. The number of amides is 1. The van der Waals surface area contributed by atoms with Crippen molar-refractivity contribution in [2.75, 3.05) is 26.3 Å². The van der Waals surface area contributed by atoms with Gasteiger partial charge in [0.05, 0.1) is 12.7 Å². The Morgan fingerprint density at radius 3 is 2.33 bits per heavy atom. The SMILES string of the molecule is COCOC(=O)c1ccccc1-c1cc2cccc(OC)c2cc1C(=O)Nc1ccc(C(=N)N)cc1. The molecule has 8 nitrogen and oxygen atoms in total. The largest absolute Gasteiger partial charge is 0.496 e. The summed E-state index contributed by atoms with van der Waals surface area (Å²) in [4.78, 5) is 26.3. The maximum absolute atomic E-state index is 13.6. The number of carbonyl (C=O) groups excluding carboxylic acids is 2. The molecule has 4 aromatic rings. The Morgan fingerprint density at radius 1 is 0.889 bits per heavy atom. The van der Waals surface area contributed by atoms with Gasteiger partial charge in [-0.25, -0.2) is 4.79 Å². The number of rotatable bonds is 8. The van der Waals surface area contributed by atoms with E-state index in [1.807, 2.05) is 24.3 Å². The standard InChI is InChI=1S/C28H25N3O5/c1-34-16-36-28(33)21-8-4-3-7-20(21)23-14-18-6-5-9-25(35-2)22(18)15-24(23)27(32)31-19-12-10-17(11-13-19)26(29)30/h3-15H,16H2,1-2H3,(H3,29,30)(H,31,32). The van der Waals surface area contributed by atoms with Crippen LogP contribution in [-0.4, -0.2) is 38.7 Å². The number of nitrogen functional groups attached to an aromatic ring is 1. The summed E-state index contributed by atoms with van der Waals surface area (Å²) >= 11 is 0. The van der Waals surface area contributed by atoms with Gasteiger partial charge in [-0.3, -0.25) is 10.2 Å². The number of benzene rings is 4. The molecule has 0 aliphatic carbocycles. The van der Waals surface area contributed by atoms with Crippen LogP contribution in [0.5, 0.6) is 5.75 Å². The van der Waals surface area contributed by atoms with Crippen molar-refractivity contribution in [1.29, 1.82) is 5.41 Å². The first kappa shape index (κ1) is 24.4. The average molecular weight is 484 g/mol. The average Bonchev–Trinajstić information content (AvgIpc) is 2.90. The van der Waals surface area contributed by atoms with Gasteiger partial charge in [-0.15, -0.1) is 0 Å². The minimum atomic E-state index is -0.565. The van der Waals surface area contributed by atoms with E-state index in [0.29, 0.717) is 39.3 Å². The van der Waals surface area contributed by atoms with Gasteiger partial charge in [-0.05, 0) is 65.0 Å². The van der Waals surface area contributed by atoms with Gasteiger partial charge in [-0.1, -0.05) is 30.3 Å². The van der Waals surface area contributed by atoms with Gasteiger partial charge in [0, 0.05) is 29.3 Å². The number of carbonyl (C=O) groups is 2. The lowest BCUT2D eigenvalue weighted by molar-refractivity contribution is -0.0124. The summed E-state index contributed by atoms with van der Waals surface area (Å²) in [5.41, 5.74) is 8.35. The molecular formula is C28H25N3O5. The van der Waals surface area contributed by atoms with E-state index in [4.69, 9.17) is 25.4 Å². The molecule has 1 amide bonds. The molecule has 4 aromatic carbocycles. The first-order valence-corrected chi connectivity index (χ1v) is 11.0. The first-order valence-electron chi connectivity index (χ1n) is 11.0. The zero-order valence-electron chi connectivity index (χ0n) is 19.8. The van der Waals surface area contributed by atoms with Crippen LogP contribution in [0, 0.1) is 5.41 Å². The Labute approximate surface area is 208 Å². The molecule has 36 heavy (non-hydrogen) atoms. The second kappa shape index (κ2) is 10.7. The molecule has 0 bridgehead atoms. The Balaban J connectivity index is 1.85. The number of esters is 1. The first-order chi connectivity index (χ1) is 17.4. The van der Waals surface area contributed by atoms with E-state index in [1.165, 1.54) is 7.11 Å². The summed E-state index contributed by atoms with van der Waals surface area (Å²) in [6.45, 7) is -0.189. The number of nitrogens with one attached hydrogen (secondary N) is 2. The predicted molar refractivity (Wildman–Crippen MR) is 139 cm³/mol. The zero-order valence-corrected chi connectivity index (χ0v) is 19.8. The highest BCUT2D eigenvalue weighted by Crippen LogP contribution is 2.35. The van der Waals surface area contributed by atoms with Gasteiger partial charge in [0.1, 0.15) is 11.6 Å². The molecule has 0 unspecified atom stereocenters. The minimum Gasteiger partial charge on any atom is -0.496 e. The van der Waals surface area contributed by atoms with Gasteiger partial charge in [0.25, 0.3) is 5.91 Å². The van der Waals surface area contributed by atoms with E-state index in [1.54, 1.807) is 61.7 Å². The van der Waals surface area contributed by atoms with Gasteiger partial charge in [0.2, 0.25) is 0 Å². The number of nitrogens with two attached hydrogens (primary N) is 1. The molecule has 4 rings (SSSR count). The molecule has 0 aromatic heterocycles. The fraction of sp³-hybridized carbons (Fsp3) is 0.107. The number of ether oxygens (including phenoxy) is 3. The van der Waals surface area contributed by atoms with Crippen LogP contribution in [-0.2, 0) is 9.47 Å². The number of methoxy groups -OCH3 is 2. The van der Waals surface area contributed by atoms with Gasteiger partial charge >= 0.3 is 5.97 Å². The quantitative estimate of drug-likeness (QED) is 0.143.